The number of carbonyl (C=O) groups is 2. The summed E-state index contributed by atoms with van der Waals surface area (Å²) in [5, 5.41) is 21.0. The van der Waals surface area contributed by atoms with E-state index in [9.17, 15) is 19.8 Å². The number of aliphatic hydroxyl groups is 1. The van der Waals surface area contributed by atoms with Crippen molar-refractivity contribution < 1.29 is 19.8 Å². The summed E-state index contributed by atoms with van der Waals surface area (Å²) >= 11 is 1.32. The number of phenolic OH excluding ortho intramolecular Hbond substituents is 1. The molecule has 0 bridgehead atoms. The lowest BCUT2D eigenvalue weighted by Crippen LogP contribution is -2.29. The highest BCUT2D eigenvalue weighted by Crippen LogP contribution is 2.43. The molecule has 6 nitrogen and oxygen atoms in total. The molecule has 7 heteroatoms. The number of hydrogen-bond acceptors (Lipinski definition) is 6. The van der Waals surface area contributed by atoms with Crippen molar-refractivity contribution >= 4 is 33.9 Å². The number of amides is 1. The van der Waals surface area contributed by atoms with Crippen molar-refractivity contribution in [1.29, 1.82) is 0 Å². The monoisotopic (exact) mass is 406 g/mol. The Kier molecular flexibility index (Phi) is 4.68. The molecule has 2 N–H and O–H groups in total. The first-order chi connectivity index (χ1) is 13.9. The molecular formula is C22H18N2O4S. The van der Waals surface area contributed by atoms with Gasteiger partial charge in [0.15, 0.2) is 5.13 Å². The van der Waals surface area contributed by atoms with Gasteiger partial charge in [0.25, 0.3) is 5.78 Å². The number of nitrogens with zero attached hydrogens (tertiary/aromatic N) is 2. The van der Waals surface area contributed by atoms with E-state index in [0.717, 1.165) is 10.6 Å². The Morgan fingerprint density at radius 1 is 1.03 bits per heavy atom. The molecule has 0 aliphatic carbocycles. The van der Waals surface area contributed by atoms with E-state index in [-0.39, 0.29) is 17.1 Å². The summed E-state index contributed by atoms with van der Waals surface area (Å²) in [4.78, 5) is 32.7. The fourth-order valence-corrected chi connectivity index (χ4v) is 4.25. The molecule has 2 heterocycles. The van der Waals surface area contributed by atoms with Crippen LogP contribution in [0.5, 0.6) is 5.75 Å². The zero-order chi connectivity index (χ0) is 20.7. The van der Waals surface area contributed by atoms with Gasteiger partial charge in [0.1, 0.15) is 11.5 Å². The molecule has 1 aromatic heterocycles. The topological polar surface area (TPSA) is 90.7 Å². The van der Waals surface area contributed by atoms with Crippen LogP contribution in [0, 0.1) is 13.8 Å². The number of thiazole rings is 1. The van der Waals surface area contributed by atoms with Crippen LogP contribution in [0.15, 0.2) is 60.2 Å². The largest absolute Gasteiger partial charge is 0.508 e. The second-order valence-corrected chi connectivity index (χ2v) is 7.95. The first kappa shape index (κ1) is 18.9. The van der Waals surface area contributed by atoms with Gasteiger partial charge in [-0.25, -0.2) is 4.98 Å². The average molecular weight is 406 g/mol. The predicted molar refractivity (Wildman–Crippen MR) is 111 cm³/mol. The van der Waals surface area contributed by atoms with Crippen LogP contribution in [0.4, 0.5) is 5.13 Å². The zero-order valence-corrected chi connectivity index (χ0v) is 16.6. The maximum absolute atomic E-state index is 13.0. The highest BCUT2D eigenvalue weighted by molar-refractivity contribution is 7.16. The number of aliphatic hydroxyl groups excluding tert-OH is 1. The number of aryl methyl sites for hydroxylation is 2. The van der Waals surface area contributed by atoms with E-state index in [1.807, 2.05) is 13.8 Å². The quantitative estimate of drug-likeness (QED) is 0.388. The number of Topliss-reactive ketones (excluding diaryl/α,β-unsaturated/α-hetero) is 1. The number of benzene rings is 2. The van der Waals surface area contributed by atoms with E-state index in [0.29, 0.717) is 16.3 Å². The second-order valence-electron chi connectivity index (χ2n) is 6.76. The van der Waals surface area contributed by atoms with Crippen LogP contribution in [0.3, 0.4) is 0 Å². The summed E-state index contributed by atoms with van der Waals surface area (Å²) in [5.41, 5.74) is 1.81. The lowest BCUT2D eigenvalue weighted by molar-refractivity contribution is -0.132. The number of aromatic nitrogens is 1. The molecule has 0 saturated carbocycles. The number of rotatable bonds is 3. The maximum Gasteiger partial charge on any atom is 0.301 e. The lowest BCUT2D eigenvalue weighted by Gasteiger charge is -2.23. The summed E-state index contributed by atoms with van der Waals surface area (Å²) in [6.07, 6.45) is 0. The molecule has 1 atom stereocenters. The second kappa shape index (κ2) is 7.18. The van der Waals surface area contributed by atoms with Crippen LogP contribution >= 0.6 is 11.3 Å². The zero-order valence-electron chi connectivity index (χ0n) is 15.8. The SMILES string of the molecule is Cc1nc(N2C(=O)C(=O)/C(=C(/O)c3ccccc3)C2c2ccc(O)cc2)sc1C. The summed E-state index contributed by atoms with van der Waals surface area (Å²) in [7, 11) is 0. The van der Waals surface area contributed by atoms with Gasteiger partial charge in [0.05, 0.1) is 17.3 Å². The predicted octanol–water partition coefficient (Wildman–Crippen LogP) is 4.09. The molecule has 2 aromatic carbocycles. The fourth-order valence-electron chi connectivity index (χ4n) is 3.31. The molecule has 1 aliphatic rings. The van der Waals surface area contributed by atoms with Crippen LogP contribution in [0.2, 0.25) is 0 Å². The molecule has 1 aliphatic heterocycles. The lowest BCUT2D eigenvalue weighted by atomic mass is 9.95. The third-order valence-corrected chi connectivity index (χ3v) is 6.00. The molecule has 29 heavy (non-hydrogen) atoms. The third kappa shape index (κ3) is 3.19. The molecular weight excluding hydrogens is 388 g/mol. The fraction of sp³-hybridized carbons (Fsp3) is 0.136. The van der Waals surface area contributed by atoms with Gasteiger partial charge in [-0.05, 0) is 31.5 Å². The van der Waals surface area contributed by atoms with Crippen LogP contribution in [0.25, 0.3) is 5.76 Å². The van der Waals surface area contributed by atoms with Gasteiger partial charge in [-0.1, -0.05) is 42.5 Å². The number of ketones is 1. The number of hydrogen-bond donors (Lipinski definition) is 2. The van der Waals surface area contributed by atoms with Crippen LogP contribution in [0.1, 0.15) is 27.7 Å². The molecule has 3 aromatic rings. The van der Waals surface area contributed by atoms with Gasteiger partial charge >= 0.3 is 5.91 Å². The Hall–Kier alpha value is -3.45. The van der Waals surface area contributed by atoms with Crippen molar-refractivity contribution in [2.75, 3.05) is 4.90 Å². The molecule has 0 radical (unpaired) electrons. The minimum absolute atomic E-state index is 0.00241. The molecule has 4 rings (SSSR count). The van der Waals surface area contributed by atoms with Crippen molar-refractivity contribution in [3.8, 4) is 5.75 Å². The number of aromatic hydroxyl groups is 1. The Bertz CT molecular complexity index is 1110. The molecule has 146 valence electrons. The first-order valence-electron chi connectivity index (χ1n) is 8.98. The van der Waals surface area contributed by atoms with Crippen molar-refractivity contribution in [3.63, 3.8) is 0 Å². The highest BCUT2D eigenvalue weighted by atomic mass is 32.1. The smallest absolute Gasteiger partial charge is 0.301 e. The van der Waals surface area contributed by atoms with E-state index >= 15 is 0 Å². The first-order valence-corrected chi connectivity index (χ1v) is 9.79. The minimum Gasteiger partial charge on any atom is -0.508 e. The standard InChI is InChI=1S/C22H18N2O4S/c1-12-13(2)29-22(23-12)24-18(14-8-10-16(25)11-9-14)17(20(27)21(24)28)19(26)15-6-4-3-5-7-15/h3-11,18,25-26H,1-2H3/b19-17+. The van der Waals surface area contributed by atoms with E-state index in [2.05, 4.69) is 4.98 Å². The Morgan fingerprint density at radius 2 is 1.69 bits per heavy atom. The van der Waals surface area contributed by atoms with Crippen molar-refractivity contribution in [2.45, 2.75) is 19.9 Å². The number of anilines is 1. The van der Waals surface area contributed by atoms with Gasteiger partial charge in [0, 0.05) is 10.4 Å². The summed E-state index contributed by atoms with van der Waals surface area (Å²) in [5.74, 6) is -1.69. The minimum atomic E-state index is -0.847. The van der Waals surface area contributed by atoms with E-state index in [1.54, 1.807) is 42.5 Å². The van der Waals surface area contributed by atoms with Gasteiger partial charge in [0.2, 0.25) is 0 Å². The normalized spacial score (nSPS) is 18.4. The number of phenols is 1. The van der Waals surface area contributed by atoms with Gasteiger partial charge in [-0.2, -0.15) is 0 Å². The van der Waals surface area contributed by atoms with Crippen molar-refractivity contribution in [1.82, 2.24) is 4.98 Å². The van der Waals surface area contributed by atoms with E-state index in [4.69, 9.17) is 0 Å². The van der Waals surface area contributed by atoms with Crippen LogP contribution in [-0.4, -0.2) is 26.9 Å². The third-order valence-electron chi connectivity index (χ3n) is 4.92. The van der Waals surface area contributed by atoms with Gasteiger partial charge in [-0.15, -0.1) is 11.3 Å². The van der Waals surface area contributed by atoms with Crippen molar-refractivity contribution in [3.05, 3.63) is 81.9 Å². The summed E-state index contributed by atoms with van der Waals surface area (Å²) < 4.78 is 0. The van der Waals surface area contributed by atoms with E-state index < -0.39 is 17.7 Å². The molecule has 1 fully saturated rings. The molecule has 1 saturated heterocycles. The molecule has 1 unspecified atom stereocenters. The van der Waals surface area contributed by atoms with Crippen molar-refractivity contribution in [2.24, 2.45) is 0 Å². The van der Waals surface area contributed by atoms with Crippen LogP contribution in [-0.2, 0) is 9.59 Å². The van der Waals surface area contributed by atoms with E-state index in [1.165, 1.54) is 28.4 Å². The average Bonchev–Trinajstić information content (AvgIpc) is 3.18. The maximum atomic E-state index is 13.0. The highest BCUT2D eigenvalue weighted by Gasteiger charge is 2.48. The Balaban J connectivity index is 1.95. The Morgan fingerprint density at radius 3 is 2.28 bits per heavy atom. The summed E-state index contributed by atoms with van der Waals surface area (Å²) in [6, 6.07) is 14.0. The summed E-state index contributed by atoms with van der Waals surface area (Å²) in [6.45, 7) is 3.73. The van der Waals surface area contributed by atoms with Crippen LogP contribution < -0.4 is 4.90 Å². The Labute approximate surface area is 171 Å². The van der Waals surface area contributed by atoms with Gasteiger partial charge < -0.3 is 10.2 Å². The van der Waals surface area contributed by atoms with Gasteiger partial charge in [-0.3, -0.25) is 14.5 Å². The molecule has 1 amide bonds. The number of carbonyl (C=O) groups excluding carboxylic acids is 2. The molecule has 0 spiro atoms.